The first kappa shape index (κ1) is 20.2. The van der Waals surface area contributed by atoms with Crippen molar-refractivity contribution < 1.29 is 18.3 Å². The van der Waals surface area contributed by atoms with Crippen LogP contribution in [0.5, 0.6) is 0 Å². The van der Waals surface area contributed by atoms with Crippen molar-refractivity contribution in [1.29, 1.82) is 0 Å². The van der Waals surface area contributed by atoms with Crippen LogP contribution in [0.25, 0.3) is 0 Å². The van der Waals surface area contributed by atoms with Gasteiger partial charge in [0, 0.05) is 10.2 Å². The van der Waals surface area contributed by atoms with Gasteiger partial charge >= 0.3 is 5.97 Å². The van der Waals surface area contributed by atoms with Crippen LogP contribution in [0.2, 0.25) is 0 Å². The number of carboxylic acids is 1. The number of benzene rings is 2. The summed E-state index contributed by atoms with van der Waals surface area (Å²) in [5, 5.41) is 8.57. The number of rotatable bonds is 3. The van der Waals surface area contributed by atoms with Crippen molar-refractivity contribution in [2.75, 3.05) is 11.0 Å². The van der Waals surface area contributed by atoms with Crippen LogP contribution in [0.3, 0.4) is 0 Å². The zero-order valence-electron chi connectivity index (χ0n) is 13.9. The van der Waals surface area contributed by atoms with E-state index in [1.807, 2.05) is 0 Å². The molecular weight excluding hydrogens is 394 g/mol. The summed E-state index contributed by atoms with van der Waals surface area (Å²) in [6.07, 6.45) is 1.03. The van der Waals surface area contributed by atoms with Crippen LogP contribution in [-0.4, -0.2) is 25.7 Å². The number of sulfonamides is 1. The van der Waals surface area contributed by atoms with Crippen LogP contribution in [0, 0.1) is 20.8 Å². The smallest absolute Gasteiger partial charge is 0.335 e. The van der Waals surface area contributed by atoms with Crippen LogP contribution in [0.1, 0.15) is 27.0 Å². The second-order valence-electron chi connectivity index (χ2n) is 5.45. The SMILES string of the molecule is CS(=O)(=O)Nc1ccc(C(=O)O)cc1.Cc1cc(C)c(C)c(Br)c1. The van der Waals surface area contributed by atoms with Crippen molar-refractivity contribution in [3.05, 3.63) is 63.1 Å². The molecule has 2 N–H and O–H groups in total. The molecule has 0 atom stereocenters. The molecule has 130 valence electrons. The molecule has 0 aliphatic heterocycles. The molecule has 0 aromatic heterocycles. The number of anilines is 1. The standard InChI is InChI=1S/C9H11Br.C8H9NO4S/c1-6-4-7(2)8(3)9(10)5-6;1-14(12,13)9-7-4-2-6(3-5-7)8(10)11/h4-5H,1-3H3;2-5,9H,1H3,(H,10,11). The monoisotopic (exact) mass is 413 g/mol. The van der Waals surface area contributed by atoms with E-state index in [2.05, 4.69) is 53.6 Å². The molecule has 24 heavy (non-hydrogen) atoms. The largest absolute Gasteiger partial charge is 0.478 e. The Labute approximate surface area is 150 Å². The van der Waals surface area contributed by atoms with E-state index in [0.29, 0.717) is 5.69 Å². The Morgan fingerprint density at radius 2 is 1.62 bits per heavy atom. The number of hydrogen-bond donors (Lipinski definition) is 2. The van der Waals surface area contributed by atoms with E-state index in [4.69, 9.17) is 5.11 Å². The fourth-order valence-electron chi connectivity index (χ4n) is 1.88. The van der Waals surface area contributed by atoms with Crippen molar-refractivity contribution in [2.45, 2.75) is 20.8 Å². The zero-order valence-corrected chi connectivity index (χ0v) is 16.3. The first-order valence-electron chi connectivity index (χ1n) is 7.04. The quantitative estimate of drug-likeness (QED) is 0.791. The van der Waals surface area contributed by atoms with Gasteiger partial charge in [-0.1, -0.05) is 22.0 Å². The molecule has 0 saturated heterocycles. The highest BCUT2D eigenvalue weighted by Crippen LogP contribution is 2.20. The lowest BCUT2D eigenvalue weighted by molar-refractivity contribution is 0.0697. The van der Waals surface area contributed by atoms with Gasteiger partial charge in [-0.05, 0) is 67.8 Å². The number of aromatic carboxylic acids is 1. The number of carboxylic acid groups (broad SMARTS) is 1. The van der Waals surface area contributed by atoms with E-state index in [1.165, 1.54) is 45.4 Å². The van der Waals surface area contributed by atoms with Crippen LogP contribution in [0.4, 0.5) is 5.69 Å². The maximum absolute atomic E-state index is 10.8. The molecule has 2 aromatic rings. The van der Waals surface area contributed by atoms with E-state index in [1.54, 1.807) is 0 Å². The minimum absolute atomic E-state index is 0.115. The predicted molar refractivity (Wildman–Crippen MR) is 100 cm³/mol. The highest BCUT2D eigenvalue weighted by Gasteiger charge is 2.04. The fraction of sp³-hybridized carbons (Fsp3) is 0.235. The fourth-order valence-corrected chi connectivity index (χ4v) is 3.12. The highest BCUT2D eigenvalue weighted by atomic mass is 79.9. The average Bonchev–Trinajstić information content (AvgIpc) is 2.44. The Balaban J connectivity index is 0.000000254. The third-order valence-electron chi connectivity index (χ3n) is 3.18. The van der Waals surface area contributed by atoms with Crippen molar-refractivity contribution in [3.8, 4) is 0 Å². The summed E-state index contributed by atoms with van der Waals surface area (Å²) in [6, 6.07) is 9.78. The summed E-state index contributed by atoms with van der Waals surface area (Å²) >= 11 is 3.50. The first-order chi connectivity index (χ1) is 11.0. The Morgan fingerprint density at radius 1 is 1.08 bits per heavy atom. The van der Waals surface area contributed by atoms with Gasteiger partial charge in [-0.2, -0.15) is 0 Å². The van der Waals surface area contributed by atoms with Crippen molar-refractivity contribution in [2.24, 2.45) is 0 Å². The van der Waals surface area contributed by atoms with E-state index < -0.39 is 16.0 Å². The van der Waals surface area contributed by atoms with Gasteiger partial charge in [0.2, 0.25) is 10.0 Å². The van der Waals surface area contributed by atoms with Gasteiger partial charge < -0.3 is 5.11 Å². The first-order valence-corrected chi connectivity index (χ1v) is 9.72. The Kier molecular flexibility index (Phi) is 6.98. The third kappa shape index (κ3) is 6.72. The zero-order chi connectivity index (χ0) is 18.5. The predicted octanol–water partition coefficient (Wildman–Crippen LogP) is 4.13. The third-order valence-corrected chi connectivity index (χ3v) is 4.61. The molecule has 0 aliphatic carbocycles. The molecule has 0 radical (unpaired) electrons. The van der Waals surface area contributed by atoms with Gasteiger partial charge in [0.05, 0.1) is 11.8 Å². The van der Waals surface area contributed by atoms with Gasteiger partial charge in [0.25, 0.3) is 0 Å². The lowest BCUT2D eigenvalue weighted by atomic mass is 10.1. The maximum Gasteiger partial charge on any atom is 0.335 e. The van der Waals surface area contributed by atoms with E-state index in [0.717, 1.165) is 6.26 Å². The van der Waals surface area contributed by atoms with Crippen LogP contribution >= 0.6 is 15.9 Å². The summed E-state index contributed by atoms with van der Waals surface area (Å²) in [6.45, 7) is 6.36. The molecule has 0 amide bonds. The lowest BCUT2D eigenvalue weighted by Crippen LogP contribution is -2.09. The topological polar surface area (TPSA) is 83.5 Å². The summed E-state index contributed by atoms with van der Waals surface area (Å²) in [7, 11) is -3.31. The van der Waals surface area contributed by atoms with E-state index >= 15 is 0 Å². The Morgan fingerprint density at radius 3 is 2.04 bits per heavy atom. The number of aryl methyl sites for hydroxylation is 2. The van der Waals surface area contributed by atoms with E-state index in [9.17, 15) is 13.2 Å². The molecule has 0 spiro atoms. The van der Waals surface area contributed by atoms with Gasteiger partial charge in [-0.3, -0.25) is 4.72 Å². The second kappa shape index (κ2) is 8.30. The number of nitrogens with one attached hydrogen (secondary N) is 1. The minimum atomic E-state index is -3.31. The maximum atomic E-state index is 10.8. The summed E-state index contributed by atoms with van der Waals surface area (Å²) in [5.41, 5.74) is 4.47. The van der Waals surface area contributed by atoms with Crippen LogP contribution < -0.4 is 4.72 Å². The molecule has 5 nitrogen and oxygen atoms in total. The Bertz CT molecular complexity index is 807. The van der Waals surface area contributed by atoms with Crippen LogP contribution in [-0.2, 0) is 10.0 Å². The van der Waals surface area contributed by atoms with Gasteiger partial charge in [0.1, 0.15) is 0 Å². The highest BCUT2D eigenvalue weighted by molar-refractivity contribution is 9.10. The average molecular weight is 414 g/mol. The van der Waals surface area contributed by atoms with Gasteiger partial charge in [0.15, 0.2) is 0 Å². The molecular formula is C17H20BrNO4S. The molecule has 0 saturated carbocycles. The summed E-state index contributed by atoms with van der Waals surface area (Å²) in [5.74, 6) is -1.05. The normalized spacial score (nSPS) is 10.5. The van der Waals surface area contributed by atoms with Crippen molar-refractivity contribution in [1.82, 2.24) is 0 Å². The van der Waals surface area contributed by atoms with Gasteiger partial charge in [-0.15, -0.1) is 0 Å². The van der Waals surface area contributed by atoms with Crippen molar-refractivity contribution >= 4 is 37.6 Å². The molecule has 0 heterocycles. The Hall–Kier alpha value is -1.86. The molecule has 0 bridgehead atoms. The molecule has 0 fully saturated rings. The summed E-state index contributed by atoms with van der Waals surface area (Å²) in [4.78, 5) is 10.5. The number of carbonyl (C=O) groups is 1. The molecule has 7 heteroatoms. The van der Waals surface area contributed by atoms with Crippen LogP contribution in [0.15, 0.2) is 40.9 Å². The lowest BCUT2D eigenvalue weighted by Gasteiger charge is -2.03. The molecule has 2 rings (SSSR count). The molecule has 0 aliphatic rings. The molecule has 0 unspecified atom stereocenters. The van der Waals surface area contributed by atoms with E-state index in [-0.39, 0.29) is 5.56 Å². The minimum Gasteiger partial charge on any atom is -0.478 e. The van der Waals surface area contributed by atoms with Gasteiger partial charge in [-0.25, -0.2) is 13.2 Å². The van der Waals surface area contributed by atoms with Crippen molar-refractivity contribution in [3.63, 3.8) is 0 Å². The second-order valence-corrected chi connectivity index (χ2v) is 8.05. The number of halogens is 1. The molecule has 2 aromatic carbocycles. The number of hydrogen-bond acceptors (Lipinski definition) is 3. The summed E-state index contributed by atoms with van der Waals surface area (Å²) < 4.78 is 25.0.